The maximum atomic E-state index is 12.8. The van der Waals surface area contributed by atoms with E-state index >= 15 is 0 Å². The minimum absolute atomic E-state index is 0.0351. The number of aromatic nitrogens is 1. The van der Waals surface area contributed by atoms with Crippen molar-refractivity contribution in [3.63, 3.8) is 0 Å². The van der Waals surface area contributed by atoms with Gasteiger partial charge in [-0.25, -0.2) is 5.01 Å². The number of rotatable bonds is 5. The minimum Gasteiger partial charge on any atom is -0.465 e. The van der Waals surface area contributed by atoms with E-state index in [1.807, 2.05) is 30.3 Å². The van der Waals surface area contributed by atoms with Crippen molar-refractivity contribution in [3.05, 3.63) is 71.9 Å². The van der Waals surface area contributed by atoms with E-state index in [1.165, 1.54) is 5.01 Å². The van der Waals surface area contributed by atoms with Crippen molar-refractivity contribution in [2.45, 2.75) is 13.5 Å². The topological polar surface area (TPSA) is 80.6 Å². The largest absolute Gasteiger partial charge is 0.465 e. The number of hydrazine groups is 1. The molecule has 1 aliphatic heterocycles. The van der Waals surface area contributed by atoms with E-state index in [1.54, 1.807) is 48.0 Å². The number of hydrogen-bond acceptors (Lipinski definition) is 4. The third kappa shape index (κ3) is 3.50. The van der Waals surface area contributed by atoms with Crippen molar-refractivity contribution in [1.29, 1.82) is 0 Å². The number of nitrogens with zero attached hydrogens (tertiary/aromatic N) is 2. The summed E-state index contributed by atoms with van der Waals surface area (Å²) in [5, 5.41) is 2.06. The normalized spacial score (nSPS) is 15.2. The Kier molecular flexibility index (Phi) is 4.87. The molecule has 2 amide bonds. The van der Waals surface area contributed by atoms with Gasteiger partial charge >= 0.3 is 5.97 Å². The number of anilines is 1. The first-order valence-corrected chi connectivity index (χ1v) is 9.24. The summed E-state index contributed by atoms with van der Waals surface area (Å²) in [4.78, 5) is 37.2. The summed E-state index contributed by atoms with van der Waals surface area (Å²) in [5.41, 5.74) is 4.70. The number of carbonyl (C=O) groups is 3. The number of hydrogen-bond donors (Lipinski definition) is 1. The summed E-state index contributed by atoms with van der Waals surface area (Å²) in [7, 11) is 0. The molecule has 7 heteroatoms. The Morgan fingerprint density at radius 1 is 1.07 bits per heavy atom. The van der Waals surface area contributed by atoms with E-state index in [2.05, 4.69) is 5.43 Å². The molecule has 0 unspecified atom stereocenters. The molecule has 3 aromatic rings. The third-order valence-electron chi connectivity index (χ3n) is 4.63. The maximum Gasteiger partial charge on any atom is 0.325 e. The van der Waals surface area contributed by atoms with Gasteiger partial charge in [-0.05, 0) is 31.2 Å². The van der Waals surface area contributed by atoms with Gasteiger partial charge in [-0.3, -0.25) is 19.8 Å². The van der Waals surface area contributed by atoms with Crippen LogP contribution < -0.4 is 10.4 Å². The lowest BCUT2D eigenvalue weighted by molar-refractivity contribution is -0.143. The molecule has 1 aromatic heterocycles. The Balaban J connectivity index is 1.72. The Morgan fingerprint density at radius 3 is 2.55 bits per heavy atom. The molecular weight excluding hydrogens is 370 g/mol. The van der Waals surface area contributed by atoms with Crippen molar-refractivity contribution < 1.29 is 19.1 Å². The number of ether oxygens (including phenoxy) is 1. The monoisotopic (exact) mass is 389 g/mol. The van der Waals surface area contributed by atoms with Gasteiger partial charge in [0.25, 0.3) is 11.8 Å². The highest BCUT2D eigenvalue weighted by molar-refractivity contribution is 6.32. The van der Waals surface area contributed by atoms with Crippen molar-refractivity contribution in [2.24, 2.45) is 0 Å². The summed E-state index contributed by atoms with van der Waals surface area (Å²) in [6.45, 7) is 2.11. The molecule has 146 valence electrons. The van der Waals surface area contributed by atoms with Crippen LogP contribution in [0.5, 0.6) is 0 Å². The molecule has 2 aromatic carbocycles. The number of benzene rings is 2. The summed E-state index contributed by atoms with van der Waals surface area (Å²) in [6, 6.07) is 16.4. The average molecular weight is 389 g/mol. The van der Waals surface area contributed by atoms with Crippen LogP contribution in [0.15, 0.2) is 66.4 Å². The average Bonchev–Trinajstić information content (AvgIpc) is 3.21. The highest BCUT2D eigenvalue weighted by atomic mass is 16.5. The van der Waals surface area contributed by atoms with Crippen LogP contribution in [-0.2, 0) is 25.7 Å². The quantitative estimate of drug-likeness (QED) is 0.413. The Morgan fingerprint density at radius 2 is 1.79 bits per heavy atom. The first-order valence-electron chi connectivity index (χ1n) is 9.24. The van der Waals surface area contributed by atoms with E-state index in [-0.39, 0.29) is 18.1 Å². The minimum atomic E-state index is -0.471. The molecule has 1 fully saturated rings. The molecule has 1 saturated heterocycles. The van der Waals surface area contributed by atoms with Crippen LogP contribution in [0, 0.1) is 0 Å². The smallest absolute Gasteiger partial charge is 0.325 e. The lowest BCUT2D eigenvalue weighted by atomic mass is 10.1. The molecule has 0 radical (unpaired) electrons. The third-order valence-corrected chi connectivity index (χ3v) is 4.63. The van der Waals surface area contributed by atoms with Crippen LogP contribution in [0.4, 0.5) is 5.69 Å². The molecule has 1 N–H and O–H groups in total. The molecule has 0 saturated carbocycles. The SMILES string of the molecule is CCOC(=O)Cn1cc(/C=C2/C(=O)NN(c3ccccc3)C2=O)c2ccccc21. The molecule has 4 rings (SSSR count). The predicted octanol–water partition coefficient (Wildman–Crippen LogP) is 2.67. The van der Waals surface area contributed by atoms with Gasteiger partial charge in [0.05, 0.1) is 12.3 Å². The molecule has 1 aliphatic rings. The zero-order chi connectivity index (χ0) is 20.4. The van der Waals surface area contributed by atoms with Gasteiger partial charge in [0.15, 0.2) is 0 Å². The highest BCUT2D eigenvalue weighted by Crippen LogP contribution is 2.26. The maximum absolute atomic E-state index is 12.8. The Bertz CT molecular complexity index is 1130. The van der Waals surface area contributed by atoms with Crippen molar-refractivity contribution in [1.82, 2.24) is 9.99 Å². The molecule has 0 aliphatic carbocycles. The van der Waals surface area contributed by atoms with Crippen LogP contribution in [0.3, 0.4) is 0 Å². The second-order valence-electron chi connectivity index (χ2n) is 6.51. The van der Waals surface area contributed by atoms with Crippen molar-refractivity contribution >= 4 is 40.4 Å². The molecule has 29 heavy (non-hydrogen) atoms. The van der Waals surface area contributed by atoms with Gasteiger partial charge in [0, 0.05) is 22.7 Å². The standard InChI is InChI=1S/C22H19N3O4/c1-2-29-20(26)14-24-13-15(17-10-6-7-11-19(17)24)12-18-21(27)23-25(22(18)28)16-8-4-3-5-9-16/h3-13H,2,14H2,1H3,(H,23,27)/b18-12-. The van der Waals surface area contributed by atoms with Gasteiger partial charge in [-0.2, -0.15) is 0 Å². The van der Waals surface area contributed by atoms with Crippen LogP contribution in [0.2, 0.25) is 0 Å². The van der Waals surface area contributed by atoms with E-state index in [0.29, 0.717) is 17.9 Å². The zero-order valence-electron chi connectivity index (χ0n) is 15.8. The summed E-state index contributed by atoms with van der Waals surface area (Å²) in [6.07, 6.45) is 3.31. The molecule has 0 bridgehead atoms. The fourth-order valence-corrected chi connectivity index (χ4v) is 3.34. The fraction of sp³-hybridized carbons (Fsp3) is 0.136. The van der Waals surface area contributed by atoms with Crippen LogP contribution in [0.25, 0.3) is 17.0 Å². The molecule has 0 spiro atoms. The van der Waals surface area contributed by atoms with Gasteiger partial charge in [-0.1, -0.05) is 36.4 Å². The Hall–Kier alpha value is -3.87. The molecule has 2 heterocycles. The van der Waals surface area contributed by atoms with Crippen LogP contribution in [-0.4, -0.2) is 29.0 Å². The lowest BCUT2D eigenvalue weighted by Crippen LogP contribution is -2.35. The molecular formula is C22H19N3O4. The van der Waals surface area contributed by atoms with Gasteiger partial charge in [0.1, 0.15) is 12.1 Å². The number of carbonyl (C=O) groups excluding carboxylic acids is 3. The number of amides is 2. The summed E-state index contributed by atoms with van der Waals surface area (Å²) < 4.78 is 6.79. The predicted molar refractivity (Wildman–Crippen MR) is 109 cm³/mol. The first-order chi connectivity index (χ1) is 14.1. The van der Waals surface area contributed by atoms with Crippen molar-refractivity contribution in [3.8, 4) is 0 Å². The highest BCUT2D eigenvalue weighted by Gasteiger charge is 2.34. The second kappa shape index (κ2) is 7.63. The number of fused-ring (bicyclic) bond motifs is 1. The number of nitrogens with one attached hydrogen (secondary N) is 1. The van der Waals surface area contributed by atoms with E-state index in [0.717, 1.165) is 10.9 Å². The number of para-hydroxylation sites is 2. The van der Waals surface area contributed by atoms with E-state index < -0.39 is 11.8 Å². The first kappa shape index (κ1) is 18.5. The van der Waals surface area contributed by atoms with E-state index in [4.69, 9.17) is 4.74 Å². The number of esters is 1. The molecule has 7 nitrogen and oxygen atoms in total. The Labute approximate surface area is 167 Å². The van der Waals surface area contributed by atoms with Crippen molar-refractivity contribution in [2.75, 3.05) is 11.6 Å². The van der Waals surface area contributed by atoms with Gasteiger partial charge in [0.2, 0.25) is 0 Å². The lowest BCUT2D eigenvalue weighted by Gasteiger charge is -2.13. The molecule has 0 atom stereocenters. The fourth-order valence-electron chi connectivity index (χ4n) is 3.34. The summed E-state index contributed by atoms with van der Waals surface area (Å²) in [5.74, 6) is -1.25. The zero-order valence-corrected chi connectivity index (χ0v) is 15.8. The van der Waals surface area contributed by atoms with Gasteiger partial charge < -0.3 is 9.30 Å². The van der Waals surface area contributed by atoms with Crippen LogP contribution >= 0.6 is 0 Å². The summed E-state index contributed by atoms with van der Waals surface area (Å²) >= 11 is 0. The van der Waals surface area contributed by atoms with E-state index in [9.17, 15) is 14.4 Å². The second-order valence-corrected chi connectivity index (χ2v) is 6.51. The van der Waals surface area contributed by atoms with Crippen LogP contribution in [0.1, 0.15) is 12.5 Å². The van der Waals surface area contributed by atoms with Gasteiger partial charge in [-0.15, -0.1) is 0 Å².